The van der Waals surface area contributed by atoms with Crippen molar-refractivity contribution in [1.82, 2.24) is 0 Å². The zero-order valence-electron chi connectivity index (χ0n) is 31.9. The number of rotatable bonds is 8. The first-order valence-electron chi connectivity index (χ1n) is 18.7. The van der Waals surface area contributed by atoms with Gasteiger partial charge in [0.2, 0.25) is 0 Å². The molecule has 1 aliphatic heterocycles. The number of aryl methyl sites for hydroxylation is 3. The van der Waals surface area contributed by atoms with Crippen LogP contribution in [-0.2, 0) is 16.2 Å². The fraction of sp³-hybridized carbons (Fsp3) is 0.143. The molecular formula is C49H40F3NO3S. The average molecular weight is 780 g/mol. The van der Waals surface area contributed by atoms with Crippen LogP contribution in [0.4, 0.5) is 18.9 Å². The maximum atomic E-state index is 15.2. The third-order valence-electron chi connectivity index (χ3n) is 10.8. The number of benzene rings is 7. The molecule has 57 heavy (non-hydrogen) atoms. The van der Waals surface area contributed by atoms with Crippen LogP contribution in [0.2, 0.25) is 0 Å². The molecule has 0 fully saturated rings. The van der Waals surface area contributed by atoms with Gasteiger partial charge in [0, 0.05) is 23.6 Å². The molecule has 1 heterocycles. The second-order valence-corrected chi connectivity index (χ2v) is 16.5. The Morgan fingerprint density at radius 3 is 1.72 bits per heavy atom. The van der Waals surface area contributed by atoms with E-state index in [1.54, 1.807) is 35.7 Å². The Kier molecular flexibility index (Phi) is 9.78. The van der Waals surface area contributed by atoms with Gasteiger partial charge in [-0.1, -0.05) is 132 Å². The number of halogens is 3. The maximum Gasteiger partial charge on any atom is 0.416 e. The molecule has 0 aliphatic carbocycles. The topological polar surface area (TPSA) is 46.6 Å². The van der Waals surface area contributed by atoms with Crippen molar-refractivity contribution in [3.63, 3.8) is 0 Å². The van der Waals surface area contributed by atoms with Gasteiger partial charge < -0.3 is 4.74 Å². The molecule has 7 aromatic carbocycles. The van der Waals surface area contributed by atoms with Gasteiger partial charge in [0.1, 0.15) is 5.75 Å². The number of hydrogen-bond donors (Lipinski definition) is 0. The van der Waals surface area contributed by atoms with Gasteiger partial charge in [-0.15, -0.1) is 0 Å². The van der Waals surface area contributed by atoms with E-state index >= 15 is 8.42 Å². The maximum absolute atomic E-state index is 15.2. The number of hydrogen-bond acceptors (Lipinski definition) is 3. The van der Waals surface area contributed by atoms with E-state index in [4.69, 9.17) is 4.74 Å². The Morgan fingerprint density at radius 2 is 1.12 bits per heavy atom. The molecule has 1 aliphatic rings. The fourth-order valence-corrected chi connectivity index (χ4v) is 9.49. The number of anilines is 1. The highest BCUT2D eigenvalue weighted by Crippen LogP contribution is 2.59. The van der Waals surface area contributed by atoms with E-state index in [-0.39, 0.29) is 11.4 Å². The summed E-state index contributed by atoms with van der Waals surface area (Å²) in [6.07, 6.45) is -4.53. The summed E-state index contributed by atoms with van der Waals surface area (Å²) in [5.41, 5.74) is 10.1. The van der Waals surface area contributed by atoms with Crippen LogP contribution >= 0.6 is 0 Å². The summed E-state index contributed by atoms with van der Waals surface area (Å²) in [6.45, 7) is 6.00. The van der Waals surface area contributed by atoms with E-state index in [1.165, 1.54) is 12.1 Å². The molecule has 0 amide bonds. The molecule has 0 saturated heterocycles. The molecule has 1 atom stereocenters. The van der Waals surface area contributed by atoms with Gasteiger partial charge in [0.15, 0.2) is 0 Å². The number of sulfonamides is 1. The van der Waals surface area contributed by atoms with Crippen LogP contribution in [0, 0.1) is 20.8 Å². The number of nitrogens with zero attached hydrogens (tertiary/aromatic N) is 1. The quantitative estimate of drug-likeness (QED) is 0.154. The summed E-state index contributed by atoms with van der Waals surface area (Å²) in [7, 11) is -2.59. The Labute approximate surface area is 331 Å². The van der Waals surface area contributed by atoms with Crippen LogP contribution in [0.5, 0.6) is 5.75 Å². The first-order chi connectivity index (χ1) is 27.3. The van der Waals surface area contributed by atoms with E-state index in [1.807, 2.05) is 124 Å². The molecular weight excluding hydrogens is 740 g/mol. The first-order valence-corrected chi connectivity index (χ1v) is 20.1. The molecule has 0 spiro atoms. The lowest BCUT2D eigenvalue weighted by molar-refractivity contribution is -0.137. The minimum absolute atomic E-state index is 0.0985. The Bertz CT molecular complexity index is 2690. The normalized spacial score (nSPS) is 14.1. The third-order valence-corrected chi connectivity index (χ3v) is 12.6. The predicted octanol–water partition coefficient (Wildman–Crippen LogP) is 12.6. The number of methoxy groups -OCH3 is 1. The summed E-state index contributed by atoms with van der Waals surface area (Å²) in [5, 5.41) is 0. The van der Waals surface area contributed by atoms with Crippen molar-refractivity contribution in [1.29, 1.82) is 0 Å². The van der Waals surface area contributed by atoms with Crippen LogP contribution in [0.25, 0.3) is 44.5 Å². The second kappa shape index (κ2) is 14.8. The predicted molar refractivity (Wildman–Crippen MR) is 223 cm³/mol. The van der Waals surface area contributed by atoms with E-state index in [0.717, 1.165) is 62.2 Å². The van der Waals surface area contributed by atoms with Crippen molar-refractivity contribution in [2.45, 2.75) is 37.8 Å². The van der Waals surface area contributed by atoms with E-state index in [0.29, 0.717) is 33.7 Å². The molecule has 8 heteroatoms. The van der Waals surface area contributed by atoms with E-state index in [2.05, 4.69) is 0 Å². The third kappa shape index (κ3) is 6.99. The summed E-state index contributed by atoms with van der Waals surface area (Å²) >= 11 is 0. The minimum atomic E-state index is -4.53. The first kappa shape index (κ1) is 37.8. The molecule has 0 aromatic heterocycles. The van der Waals surface area contributed by atoms with Crippen LogP contribution in [0.1, 0.15) is 39.3 Å². The van der Waals surface area contributed by atoms with Crippen LogP contribution < -0.4 is 9.04 Å². The molecule has 7 aromatic rings. The molecule has 0 unspecified atom stereocenters. The van der Waals surface area contributed by atoms with Gasteiger partial charge in [-0.05, 0) is 102 Å². The molecule has 0 bridgehead atoms. The lowest BCUT2D eigenvalue weighted by Gasteiger charge is -2.29. The van der Waals surface area contributed by atoms with Gasteiger partial charge in [-0.2, -0.15) is 13.2 Å². The molecule has 8 rings (SSSR count). The highest BCUT2D eigenvalue weighted by atomic mass is 32.2. The van der Waals surface area contributed by atoms with Crippen molar-refractivity contribution in [3.8, 4) is 50.3 Å². The molecule has 0 N–H and O–H groups in total. The van der Waals surface area contributed by atoms with Crippen LogP contribution in [-0.4, -0.2) is 22.1 Å². The number of ether oxygens (including phenoxy) is 1. The SMILES string of the molecule is COc1ccc(-c2c(-c3cccc(C)c3)c(-c3ccc(C(F)(F)F)cc3)c(-c3ccc(C)cc3)c3c2N(S(=O)(=O)c2ccc(C)cc2)C[C@H]3c2ccccc2)cc1. The van der Waals surface area contributed by atoms with Crippen molar-refractivity contribution >= 4 is 15.7 Å². The highest BCUT2D eigenvalue weighted by molar-refractivity contribution is 7.92. The van der Waals surface area contributed by atoms with Gasteiger partial charge in [-0.3, -0.25) is 4.31 Å². The van der Waals surface area contributed by atoms with Gasteiger partial charge in [0.05, 0.1) is 23.3 Å². The summed E-state index contributed by atoms with van der Waals surface area (Å²) in [6, 6.07) is 45.6. The zero-order chi connectivity index (χ0) is 40.1. The van der Waals surface area contributed by atoms with Gasteiger partial charge in [0.25, 0.3) is 10.0 Å². The Hall–Kier alpha value is -6.12. The summed E-state index contributed by atoms with van der Waals surface area (Å²) in [4.78, 5) is 0.161. The molecule has 0 saturated carbocycles. The van der Waals surface area contributed by atoms with Gasteiger partial charge >= 0.3 is 6.18 Å². The zero-order valence-corrected chi connectivity index (χ0v) is 32.7. The van der Waals surface area contributed by atoms with Crippen molar-refractivity contribution in [2.75, 3.05) is 18.0 Å². The smallest absolute Gasteiger partial charge is 0.416 e. The number of alkyl halides is 3. The fourth-order valence-electron chi connectivity index (χ4n) is 7.98. The van der Waals surface area contributed by atoms with Crippen LogP contribution in [0.15, 0.2) is 157 Å². The standard InChI is InChI=1S/C49H40F3NO3S/c1-31-13-17-35(18-14-31)44-43(36-19-23-39(24-20-36)49(50,51)52)45(38-12-8-9-33(3)29-38)46(37-21-25-40(56-4)26-22-37)48-47(44)42(34-10-6-5-7-11-34)30-53(48)57(54,55)41-27-15-32(2)16-28-41/h5-29,42H,30H2,1-4H3/t42-/m0/s1. The average Bonchev–Trinajstić information content (AvgIpc) is 3.62. The minimum Gasteiger partial charge on any atom is -0.497 e. The van der Waals surface area contributed by atoms with Gasteiger partial charge in [-0.25, -0.2) is 8.42 Å². The second-order valence-electron chi connectivity index (χ2n) is 14.6. The largest absolute Gasteiger partial charge is 0.497 e. The number of fused-ring (bicyclic) bond motifs is 1. The van der Waals surface area contributed by atoms with Crippen molar-refractivity contribution in [3.05, 3.63) is 185 Å². The highest BCUT2D eigenvalue weighted by Gasteiger charge is 2.44. The summed E-state index contributed by atoms with van der Waals surface area (Å²) in [5.74, 6) is 0.174. The summed E-state index contributed by atoms with van der Waals surface area (Å²) < 4.78 is 79.9. The monoisotopic (exact) mass is 779 g/mol. The van der Waals surface area contributed by atoms with Crippen molar-refractivity contribution in [2.24, 2.45) is 0 Å². The van der Waals surface area contributed by atoms with E-state index in [9.17, 15) is 13.2 Å². The Balaban J connectivity index is 1.62. The van der Waals surface area contributed by atoms with E-state index < -0.39 is 27.7 Å². The molecule has 0 radical (unpaired) electrons. The molecule has 4 nitrogen and oxygen atoms in total. The van der Waals surface area contributed by atoms with Crippen LogP contribution in [0.3, 0.4) is 0 Å². The lowest BCUT2D eigenvalue weighted by atomic mass is 9.76. The molecule has 286 valence electrons. The lowest BCUT2D eigenvalue weighted by Crippen LogP contribution is -2.30. The Morgan fingerprint density at radius 1 is 0.579 bits per heavy atom. The van der Waals surface area contributed by atoms with Crippen molar-refractivity contribution < 1.29 is 26.3 Å².